The lowest BCUT2D eigenvalue weighted by Gasteiger charge is -2.32. The summed E-state index contributed by atoms with van der Waals surface area (Å²) in [6, 6.07) is 17.5. The molecular formula is C24H24N4O2S. The fraction of sp³-hybridized carbons (Fsp3) is 0.250. The van der Waals surface area contributed by atoms with E-state index in [2.05, 4.69) is 28.7 Å². The minimum atomic E-state index is -1.44. The first-order valence-electron chi connectivity index (χ1n) is 10.3. The van der Waals surface area contributed by atoms with Crippen molar-refractivity contribution >= 4 is 27.7 Å². The zero-order chi connectivity index (χ0) is 21.6. The van der Waals surface area contributed by atoms with Crippen LogP contribution in [0.4, 0.5) is 5.82 Å². The van der Waals surface area contributed by atoms with Crippen LogP contribution in [-0.4, -0.2) is 24.6 Å². The molecule has 1 atom stereocenters. The van der Waals surface area contributed by atoms with Gasteiger partial charge in [-0.2, -0.15) is 5.10 Å². The van der Waals surface area contributed by atoms with E-state index in [0.717, 1.165) is 46.4 Å². The quantitative estimate of drug-likeness (QED) is 0.494. The van der Waals surface area contributed by atoms with Gasteiger partial charge in [0.25, 0.3) is 0 Å². The average Bonchev–Trinajstić information content (AvgIpc) is 3.12. The number of rotatable bonds is 4. The highest BCUT2D eigenvalue weighted by atomic mass is 32.2. The Labute approximate surface area is 183 Å². The third-order valence-electron chi connectivity index (χ3n) is 5.51. The Morgan fingerprint density at radius 2 is 2.00 bits per heavy atom. The van der Waals surface area contributed by atoms with Gasteiger partial charge in [0.15, 0.2) is 11.0 Å². The fourth-order valence-corrected chi connectivity index (χ4v) is 4.83. The van der Waals surface area contributed by atoms with Gasteiger partial charge in [0.1, 0.15) is 17.2 Å². The monoisotopic (exact) mass is 432 g/mol. The lowest BCUT2D eigenvalue weighted by Crippen LogP contribution is -2.32. The number of benzene rings is 2. The van der Waals surface area contributed by atoms with E-state index in [1.807, 2.05) is 61.5 Å². The number of aromatic nitrogens is 3. The molecule has 2 aromatic heterocycles. The van der Waals surface area contributed by atoms with Gasteiger partial charge in [0, 0.05) is 17.6 Å². The van der Waals surface area contributed by atoms with Crippen molar-refractivity contribution in [1.82, 2.24) is 14.8 Å². The molecular weight excluding hydrogens is 408 g/mol. The Bertz CT molecular complexity index is 1310. The molecule has 31 heavy (non-hydrogen) atoms. The van der Waals surface area contributed by atoms with Gasteiger partial charge in [-0.3, -0.25) is 9.71 Å². The van der Waals surface area contributed by atoms with E-state index in [0.29, 0.717) is 10.7 Å². The van der Waals surface area contributed by atoms with E-state index in [4.69, 9.17) is 4.74 Å². The van der Waals surface area contributed by atoms with Crippen LogP contribution in [0.2, 0.25) is 0 Å². The molecule has 0 spiro atoms. The molecule has 1 N–H and O–H groups in total. The van der Waals surface area contributed by atoms with Crippen molar-refractivity contribution in [3.05, 3.63) is 72.1 Å². The van der Waals surface area contributed by atoms with Crippen LogP contribution in [0.1, 0.15) is 31.5 Å². The van der Waals surface area contributed by atoms with Gasteiger partial charge < -0.3 is 4.74 Å². The van der Waals surface area contributed by atoms with E-state index in [1.54, 1.807) is 10.9 Å². The highest BCUT2D eigenvalue weighted by Gasteiger charge is 2.27. The Morgan fingerprint density at radius 1 is 1.13 bits per heavy atom. The summed E-state index contributed by atoms with van der Waals surface area (Å²) in [4.78, 5) is 5.14. The number of fused-ring (bicyclic) bond motifs is 2. The highest BCUT2D eigenvalue weighted by Crippen LogP contribution is 2.34. The number of hydrogen-bond acceptors (Lipinski definition) is 4. The topological polar surface area (TPSA) is 69.0 Å². The summed E-state index contributed by atoms with van der Waals surface area (Å²) in [7, 11) is -1.44. The summed E-state index contributed by atoms with van der Waals surface area (Å²) in [5, 5.41) is 5.62. The molecule has 5 rings (SSSR count). The first-order valence-corrected chi connectivity index (χ1v) is 11.5. The molecule has 3 heterocycles. The molecule has 0 bridgehead atoms. The van der Waals surface area contributed by atoms with Crippen LogP contribution >= 0.6 is 0 Å². The SMILES string of the molecule is Cc1cc(NS(=O)c2ccc3c(c2)CCC(C)(C)O3)n(-c2cccc3ncccc23)n1. The zero-order valence-electron chi connectivity index (χ0n) is 17.8. The summed E-state index contributed by atoms with van der Waals surface area (Å²) in [5.41, 5.74) is 3.54. The Balaban J connectivity index is 1.47. The normalized spacial score (nSPS) is 15.8. The van der Waals surface area contributed by atoms with E-state index in [-0.39, 0.29) is 5.60 Å². The Kier molecular flexibility index (Phi) is 4.78. The molecule has 0 radical (unpaired) electrons. The van der Waals surface area contributed by atoms with E-state index in [1.165, 1.54) is 0 Å². The molecule has 0 fully saturated rings. The van der Waals surface area contributed by atoms with Crippen molar-refractivity contribution in [2.24, 2.45) is 0 Å². The molecule has 6 nitrogen and oxygen atoms in total. The lowest BCUT2D eigenvalue weighted by atomic mass is 9.94. The van der Waals surface area contributed by atoms with Crippen molar-refractivity contribution in [3.8, 4) is 11.4 Å². The smallest absolute Gasteiger partial charge is 0.151 e. The number of anilines is 1. The molecule has 4 aromatic rings. The fourth-order valence-electron chi connectivity index (χ4n) is 3.93. The van der Waals surface area contributed by atoms with Gasteiger partial charge in [-0.05, 0) is 81.6 Å². The second-order valence-corrected chi connectivity index (χ2v) is 9.65. The van der Waals surface area contributed by atoms with Gasteiger partial charge in [-0.25, -0.2) is 8.89 Å². The summed E-state index contributed by atoms with van der Waals surface area (Å²) in [6.45, 7) is 6.11. The molecule has 7 heteroatoms. The van der Waals surface area contributed by atoms with Crippen LogP contribution in [0, 0.1) is 6.92 Å². The lowest BCUT2D eigenvalue weighted by molar-refractivity contribution is 0.0845. The maximum absolute atomic E-state index is 13.2. The number of aryl methyl sites for hydroxylation is 2. The molecule has 0 saturated heterocycles. The molecule has 1 unspecified atom stereocenters. The zero-order valence-corrected chi connectivity index (χ0v) is 18.6. The Hall–Kier alpha value is -3.19. The number of hydrogen-bond donors (Lipinski definition) is 1. The molecule has 0 amide bonds. The van der Waals surface area contributed by atoms with Crippen molar-refractivity contribution in [1.29, 1.82) is 0 Å². The molecule has 158 valence electrons. The third-order valence-corrected chi connectivity index (χ3v) is 6.58. The first-order chi connectivity index (χ1) is 14.9. The number of pyridine rings is 1. The minimum absolute atomic E-state index is 0.163. The van der Waals surface area contributed by atoms with Gasteiger partial charge in [-0.1, -0.05) is 6.07 Å². The van der Waals surface area contributed by atoms with Crippen LogP contribution in [0.5, 0.6) is 5.75 Å². The summed E-state index contributed by atoms with van der Waals surface area (Å²) < 4.78 is 24.2. The maximum Gasteiger partial charge on any atom is 0.151 e. The average molecular weight is 433 g/mol. The van der Waals surface area contributed by atoms with E-state index in [9.17, 15) is 4.21 Å². The first kappa shape index (κ1) is 19.8. The molecule has 0 aliphatic carbocycles. The van der Waals surface area contributed by atoms with Gasteiger partial charge in [0.05, 0.1) is 21.8 Å². The number of nitrogens with zero attached hydrogens (tertiary/aromatic N) is 3. The predicted molar refractivity (Wildman–Crippen MR) is 123 cm³/mol. The maximum atomic E-state index is 13.2. The van der Waals surface area contributed by atoms with Crippen LogP contribution in [0.3, 0.4) is 0 Å². The molecule has 1 aliphatic heterocycles. The third kappa shape index (κ3) is 3.81. The second kappa shape index (κ2) is 7.50. The second-order valence-electron chi connectivity index (χ2n) is 8.43. The van der Waals surface area contributed by atoms with Crippen molar-refractivity contribution in [2.75, 3.05) is 4.72 Å². The van der Waals surface area contributed by atoms with Crippen LogP contribution in [-0.2, 0) is 17.4 Å². The highest BCUT2D eigenvalue weighted by molar-refractivity contribution is 7.86. The largest absolute Gasteiger partial charge is 0.488 e. The Morgan fingerprint density at radius 3 is 2.87 bits per heavy atom. The molecule has 0 saturated carbocycles. The van der Waals surface area contributed by atoms with Crippen LogP contribution in [0.15, 0.2) is 65.7 Å². The summed E-state index contributed by atoms with van der Waals surface area (Å²) in [6.07, 6.45) is 3.62. The van der Waals surface area contributed by atoms with Crippen molar-refractivity contribution in [3.63, 3.8) is 0 Å². The van der Waals surface area contributed by atoms with Crippen LogP contribution in [0.25, 0.3) is 16.6 Å². The number of ether oxygens (including phenoxy) is 1. The van der Waals surface area contributed by atoms with E-state index >= 15 is 0 Å². The summed E-state index contributed by atoms with van der Waals surface area (Å²) >= 11 is 0. The van der Waals surface area contributed by atoms with Crippen molar-refractivity contribution < 1.29 is 8.95 Å². The van der Waals surface area contributed by atoms with Crippen LogP contribution < -0.4 is 9.46 Å². The predicted octanol–water partition coefficient (Wildman–Crippen LogP) is 4.97. The number of nitrogens with one attached hydrogen (secondary N) is 1. The molecule has 1 aliphatic rings. The van der Waals surface area contributed by atoms with Gasteiger partial charge in [-0.15, -0.1) is 0 Å². The standard InChI is InChI=1S/C24H24N4O2S/c1-16-14-23(28(26-16)21-8-4-7-20-19(21)6-5-13-25-20)27-31(29)18-9-10-22-17(15-18)11-12-24(2,3)30-22/h4-10,13-15,27H,11-12H2,1-3H3. The molecule has 2 aromatic carbocycles. The van der Waals surface area contributed by atoms with Crippen molar-refractivity contribution in [2.45, 2.75) is 44.1 Å². The minimum Gasteiger partial charge on any atom is -0.488 e. The summed E-state index contributed by atoms with van der Waals surface area (Å²) in [5.74, 6) is 1.54. The van der Waals surface area contributed by atoms with Gasteiger partial charge in [0.2, 0.25) is 0 Å². The van der Waals surface area contributed by atoms with E-state index < -0.39 is 11.0 Å². The van der Waals surface area contributed by atoms with Gasteiger partial charge >= 0.3 is 0 Å².